The first-order valence-electron chi connectivity index (χ1n) is 9.80. The van der Waals surface area contributed by atoms with Crippen LogP contribution in [0.2, 0.25) is 0 Å². The molecule has 1 aliphatic heterocycles. The zero-order valence-corrected chi connectivity index (χ0v) is 26.1. The van der Waals surface area contributed by atoms with E-state index < -0.39 is 0 Å². The van der Waals surface area contributed by atoms with Crippen LogP contribution >= 0.6 is 0 Å². The molecule has 1 fully saturated rings. The minimum absolute atomic E-state index is 0. The van der Waals surface area contributed by atoms with E-state index in [1.54, 1.807) is 0 Å². The van der Waals surface area contributed by atoms with Crippen LogP contribution in [0.3, 0.4) is 0 Å². The number of hydrogen-bond donors (Lipinski definition) is 0. The van der Waals surface area contributed by atoms with Gasteiger partial charge in [0.15, 0.2) is 0 Å². The molecule has 0 amide bonds. The smallest absolute Gasteiger partial charge is 1.00 e. The second-order valence-electron chi connectivity index (χ2n) is 5.60. The maximum atomic E-state index is 5.33. The van der Waals surface area contributed by atoms with Crippen LogP contribution in [0.15, 0.2) is 60.7 Å². The molecule has 6 nitrogen and oxygen atoms in total. The zero-order valence-electron chi connectivity index (χ0n) is 19.0. The molecule has 0 unspecified atom stereocenters. The van der Waals surface area contributed by atoms with Crippen molar-refractivity contribution in [3.05, 3.63) is 60.7 Å². The molecule has 2 aromatic carbocycles. The van der Waals surface area contributed by atoms with Crippen LogP contribution in [0.5, 0.6) is 0 Å². The van der Waals surface area contributed by atoms with Crippen LogP contribution in [-0.4, -0.2) is 79.3 Å². The standard InChI is InChI=1S/C12H24O6.2C5H5.2ClH.K.Zr/c1-2-14-5-6-16-9-10-18-12-11-17-8-7-15-4-3-13-1;2*1-2-4-5-3-1;;;;/h1-12H2;2*1-5H;2*1H;;/q;2*-1;;;+1;+3/p-2. The first-order valence-corrected chi connectivity index (χ1v) is 9.80. The molecule has 177 valence electrons. The Kier molecular flexibility index (Phi) is 47.2. The summed E-state index contributed by atoms with van der Waals surface area (Å²) >= 11 is 0. The average molecular weight is 596 g/mol. The summed E-state index contributed by atoms with van der Waals surface area (Å²) in [4.78, 5) is 0. The molecule has 0 aliphatic carbocycles. The maximum Gasteiger partial charge on any atom is 3.00 e. The van der Waals surface area contributed by atoms with E-state index in [1.165, 1.54) is 0 Å². The Morgan fingerprint density at radius 3 is 0.625 bits per heavy atom. The van der Waals surface area contributed by atoms with Crippen molar-refractivity contribution >= 4 is 0 Å². The first-order chi connectivity index (χ1) is 14.0. The van der Waals surface area contributed by atoms with Crippen LogP contribution < -0.4 is 76.2 Å². The van der Waals surface area contributed by atoms with Gasteiger partial charge in [-0.05, 0) is 0 Å². The zero-order chi connectivity index (χ0) is 19.8. The monoisotopic (exact) mass is 593 g/mol. The van der Waals surface area contributed by atoms with Gasteiger partial charge in [-0.3, -0.25) is 0 Å². The normalized spacial score (nSPS) is 16.0. The van der Waals surface area contributed by atoms with Crippen LogP contribution in [0.4, 0.5) is 0 Å². The molecular formula is C22H34Cl2KO6Zr. The van der Waals surface area contributed by atoms with Crippen LogP contribution in [0.1, 0.15) is 0 Å². The van der Waals surface area contributed by atoms with Crippen molar-refractivity contribution < 1.29 is 131 Å². The van der Waals surface area contributed by atoms with Crippen LogP contribution in [0, 0.1) is 0 Å². The van der Waals surface area contributed by atoms with Crippen molar-refractivity contribution in [2.45, 2.75) is 0 Å². The third-order valence-electron chi connectivity index (χ3n) is 3.34. The minimum Gasteiger partial charge on any atom is -1.00 e. The molecule has 10 heteroatoms. The maximum absolute atomic E-state index is 5.33. The minimum atomic E-state index is 0. The van der Waals surface area contributed by atoms with Gasteiger partial charge in [0.05, 0.1) is 79.3 Å². The summed E-state index contributed by atoms with van der Waals surface area (Å²) in [5.74, 6) is 0. The molecule has 0 saturated carbocycles. The molecule has 0 aromatic heterocycles. The van der Waals surface area contributed by atoms with E-state index >= 15 is 0 Å². The van der Waals surface area contributed by atoms with E-state index in [4.69, 9.17) is 28.4 Å². The number of hydrogen-bond acceptors (Lipinski definition) is 6. The molecule has 1 saturated heterocycles. The van der Waals surface area contributed by atoms with Gasteiger partial charge in [-0.2, -0.15) is 36.4 Å². The van der Waals surface area contributed by atoms with Crippen molar-refractivity contribution in [1.82, 2.24) is 0 Å². The van der Waals surface area contributed by atoms with Gasteiger partial charge in [-0.15, -0.1) is 0 Å². The molecular weight excluding hydrogens is 561 g/mol. The Balaban J connectivity index is -0.000000232. The van der Waals surface area contributed by atoms with Crippen molar-refractivity contribution in [2.75, 3.05) is 79.3 Å². The van der Waals surface area contributed by atoms with E-state index in [1.807, 2.05) is 60.7 Å². The molecule has 1 aliphatic rings. The predicted octanol–water partition coefficient (Wildman–Crippen LogP) is -6.08. The number of halogens is 2. The van der Waals surface area contributed by atoms with Gasteiger partial charge in [0.25, 0.3) is 0 Å². The molecule has 0 atom stereocenters. The first kappa shape index (κ1) is 40.7. The van der Waals surface area contributed by atoms with E-state index in [2.05, 4.69) is 0 Å². The van der Waals surface area contributed by atoms with Gasteiger partial charge >= 0.3 is 77.6 Å². The third kappa shape index (κ3) is 33.7. The predicted molar refractivity (Wildman–Crippen MR) is 109 cm³/mol. The number of ether oxygens (including phenoxy) is 6. The fourth-order valence-corrected chi connectivity index (χ4v) is 1.96. The van der Waals surface area contributed by atoms with Gasteiger partial charge in [-0.1, -0.05) is 0 Å². The second-order valence-corrected chi connectivity index (χ2v) is 5.60. The molecule has 0 N–H and O–H groups in total. The third-order valence-corrected chi connectivity index (χ3v) is 3.34. The molecule has 0 bridgehead atoms. The largest absolute Gasteiger partial charge is 3.00 e. The number of rotatable bonds is 0. The summed E-state index contributed by atoms with van der Waals surface area (Å²) in [6.45, 7) is 7.04. The van der Waals surface area contributed by atoms with Crippen molar-refractivity contribution in [3.63, 3.8) is 0 Å². The summed E-state index contributed by atoms with van der Waals surface area (Å²) in [6, 6.07) is 20.0. The summed E-state index contributed by atoms with van der Waals surface area (Å²) < 4.78 is 32.0. The SMILES string of the molecule is C1COCCOCCOCCOCCOCCO1.[Cl-].[Cl-].[K+].[Zr+3].c1cc[cH-]c1.c1cc[cH-]c1. The Morgan fingerprint density at radius 1 is 0.375 bits per heavy atom. The average Bonchev–Trinajstić information content (AvgIpc) is 3.46. The summed E-state index contributed by atoms with van der Waals surface area (Å²) in [6.07, 6.45) is 0. The fourth-order valence-electron chi connectivity index (χ4n) is 1.96. The van der Waals surface area contributed by atoms with E-state index in [9.17, 15) is 0 Å². The Labute approximate surface area is 267 Å². The quantitative estimate of drug-likeness (QED) is 0.224. The Morgan fingerprint density at radius 2 is 0.531 bits per heavy atom. The van der Waals surface area contributed by atoms with E-state index in [0.717, 1.165) is 0 Å². The molecule has 32 heavy (non-hydrogen) atoms. The fraction of sp³-hybridized carbons (Fsp3) is 0.545. The van der Waals surface area contributed by atoms with Gasteiger partial charge in [0.1, 0.15) is 0 Å². The molecule has 1 heterocycles. The second kappa shape index (κ2) is 37.1. The molecule has 3 rings (SSSR count). The summed E-state index contributed by atoms with van der Waals surface area (Å²) in [5.41, 5.74) is 0. The Bertz CT molecular complexity index is 345. The van der Waals surface area contributed by atoms with Gasteiger partial charge < -0.3 is 53.2 Å². The molecule has 2 aromatic rings. The van der Waals surface area contributed by atoms with Crippen molar-refractivity contribution in [1.29, 1.82) is 0 Å². The van der Waals surface area contributed by atoms with E-state index in [-0.39, 0.29) is 102 Å². The van der Waals surface area contributed by atoms with Crippen LogP contribution in [0.25, 0.3) is 0 Å². The van der Waals surface area contributed by atoms with Crippen molar-refractivity contribution in [2.24, 2.45) is 0 Å². The topological polar surface area (TPSA) is 55.4 Å². The molecule has 1 radical (unpaired) electrons. The molecule has 0 spiro atoms. The van der Waals surface area contributed by atoms with Gasteiger partial charge in [0.2, 0.25) is 0 Å². The summed E-state index contributed by atoms with van der Waals surface area (Å²) in [5, 5.41) is 0. The van der Waals surface area contributed by atoms with E-state index in [0.29, 0.717) is 79.3 Å². The van der Waals surface area contributed by atoms with Crippen LogP contribution in [-0.2, 0) is 54.6 Å². The Hall–Kier alpha value is 1.56. The van der Waals surface area contributed by atoms with Crippen molar-refractivity contribution in [3.8, 4) is 0 Å². The summed E-state index contributed by atoms with van der Waals surface area (Å²) in [7, 11) is 0. The van der Waals surface area contributed by atoms with Gasteiger partial charge in [-0.25, -0.2) is 24.3 Å². The van der Waals surface area contributed by atoms with Gasteiger partial charge in [0, 0.05) is 0 Å².